The molecule has 1 amide bonds. The highest BCUT2D eigenvalue weighted by Crippen LogP contribution is 2.16. The van der Waals surface area contributed by atoms with Crippen molar-refractivity contribution in [3.05, 3.63) is 28.0 Å². The van der Waals surface area contributed by atoms with E-state index in [4.69, 9.17) is 0 Å². The molecule has 88 valence electrons. The average Bonchev–Trinajstić information content (AvgIpc) is 2.69. The van der Waals surface area contributed by atoms with Crippen LogP contribution < -0.4 is 5.32 Å². The Morgan fingerprint density at radius 2 is 2.38 bits per heavy atom. The molecule has 0 aliphatic heterocycles. The first-order valence-corrected chi connectivity index (χ1v) is 6.14. The van der Waals surface area contributed by atoms with Crippen LogP contribution in [0, 0.1) is 6.92 Å². The van der Waals surface area contributed by atoms with E-state index in [1.165, 1.54) is 11.0 Å². The van der Waals surface area contributed by atoms with Gasteiger partial charge in [-0.05, 0) is 31.6 Å². The molecular formula is C12H17NO2S. The van der Waals surface area contributed by atoms with Gasteiger partial charge in [-0.1, -0.05) is 6.92 Å². The summed E-state index contributed by atoms with van der Waals surface area (Å²) >= 11 is 1.64. The Balaban J connectivity index is 2.36. The van der Waals surface area contributed by atoms with Crippen LogP contribution in [-0.2, 0) is 4.79 Å². The Morgan fingerprint density at radius 3 is 2.94 bits per heavy atom. The number of aryl methyl sites for hydroxylation is 1. The minimum absolute atomic E-state index is 0.168. The van der Waals surface area contributed by atoms with Crippen molar-refractivity contribution in [1.29, 1.82) is 0 Å². The summed E-state index contributed by atoms with van der Waals surface area (Å²) in [7, 11) is 0. The third-order valence-electron chi connectivity index (χ3n) is 2.14. The van der Waals surface area contributed by atoms with E-state index >= 15 is 0 Å². The van der Waals surface area contributed by atoms with Crippen LogP contribution >= 0.6 is 11.3 Å². The van der Waals surface area contributed by atoms with Crippen molar-refractivity contribution in [3.63, 3.8) is 0 Å². The summed E-state index contributed by atoms with van der Waals surface area (Å²) in [5.74, 6) is -0.168. The van der Waals surface area contributed by atoms with Crippen LogP contribution in [0.5, 0.6) is 0 Å². The van der Waals surface area contributed by atoms with Gasteiger partial charge in [0.05, 0.1) is 6.10 Å². The summed E-state index contributed by atoms with van der Waals surface area (Å²) in [5.41, 5.74) is 0. The van der Waals surface area contributed by atoms with E-state index in [9.17, 15) is 9.90 Å². The van der Waals surface area contributed by atoms with Crippen LogP contribution in [0.1, 0.15) is 23.1 Å². The minimum Gasteiger partial charge on any atom is -0.391 e. The van der Waals surface area contributed by atoms with Gasteiger partial charge in [0.1, 0.15) is 0 Å². The van der Waals surface area contributed by atoms with Crippen LogP contribution in [0.4, 0.5) is 0 Å². The smallest absolute Gasteiger partial charge is 0.244 e. The maximum atomic E-state index is 11.3. The van der Waals surface area contributed by atoms with E-state index < -0.39 is 6.10 Å². The van der Waals surface area contributed by atoms with E-state index in [1.54, 1.807) is 17.4 Å². The Labute approximate surface area is 99.8 Å². The zero-order valence-electron chi connectivity index (χ0n) is 9.56. The van der Waals surface area contributed by atoms with Gasteiger partial charge in [0, 0.05) is 22.4 Å². The fraction of sp³-hybridized carbons (Fsp3) is 0.417. The highest BCUT2D eigenvalue weighted by Gasteiger charge is 2.01. The minimum atomic E-state index is -0.457. The molecule has 1 aromatic rings. The molecule has 1 aromatic heterocycles. The lowest BCUT2D eigenvalue weighted by Gasteiger charge is -2.06. The molecule has 1 atom stereocenters. The Morgan fingerprint density at radius 1 is 1.62 bits per heavy atom. The molecule has 2 N–H and O–H groups in total. The first-order valence-electron chi connectivity index (χ1n) is 5.32. The Kier molecular flexibility index (Phi) is 5.22. The Bertz CT molecular complexity index is 371. The number of amides is 1. The summed E-state index contributed by atoms with van der Waals surface area (Å²) in [4.78, 5) is 13.6. The van der Waals surface area contributed by atoms with E-state index in [2.05, 4.69) is 5.32 Å². The van der Waals surface area contributed by atoms with Gasteiger partial charge in [-0.3, -0.25) is 4.79 Å². The summed E-state index contributed by atoms with van der Waals surface area (Å²) < 4.78 is 0. The number of nitrogens with one attached hydrogen (secondary N) is 1. The highest BCUT2D eigenvalue weighted by atomic mass is 32.1. The molecule has 0 fully saturated rings. The van der Waals surface area contributed by atoms with Gasteiger partial charge in [0.2, 0.25) is 5.91 Å². The van der Waals surface area contributed by atoms with Crippen molar-refractivity contribution in [2.45, 2.75) is 26.4 Å². The Hall–Kier alpha value is -1.13. The normalized spacial score (nSPS) is 12.9. The van der Waals surface area contributed by atoms with Gasteiger partial charge in [-0.25, -0.2) is 0 Å². The van der Waals surface area contributed by atoms with Crippen molar-refractivity contribution in [2.24, 2.45) is 0 Å². The molecule has 0 bridgehead atoms. The first-order chi connectivity index (χ1) is 7.61. The van der Waals surface area contributed by atoms with Crippen molar-refractivity contribution in [3.8, 4) is 0 Å². The molecule has 0 spiro atoms. The maximum Gasteiger partial charge on any atom is 0.244 e. The fourth-order valence-corrected chi connectivity index (χ4v) is 1.90. The predicted octanol–water partition coefficient (Wildman–Crippen LogP) is 1.96. The molecule has 3 nitrogen and oxygen atoms in total. The summed E-state index contributed by atoms with van der Waals surface area (Å²) in [6.45, 7) is 4.21. The van der Waals surface area contributed by atoms with E-state index in [0.29, 0.717) is 13.0 Å². The van der Waals surface area contributed by atoms with E-state index in [0.717, 1.165) is 4.88 Å². The number of hydrogen-bond donors (Lipinski definition) is 2. The maximum absolute atomic E-state index is 11.3. The second-order valence-electron chi connectivity index (χ2n) is 3.59. The average molecular weight is 239 g/mol. The third-order valence-corrected chi connectivity index (χ3v) is 3.11. The van der Waals surface area contributed by atoms with Crippen LogP contribution in [-0.4, -0.2) is 23.7 Å². The zero-order chi connectivity index (χ0) is 12.0. The molecule has 0 aliphatic rings. The molecule has 0 aromatic carbocycles. The van der Waals surface area contributed by atoms with Crippen molar-refractivity contribution >= 4 is 23.3 Å². The largest absolute Gasteiger partial charge is 0.391 e. The summed E-state index contributed by atoms with van der Waals surface area (Å²) in [5, 5.41) is 11.9. The van der Waals surface area contributed by atoms with Gasteiger partial charge < -0.3 is 10.4 Å². The molecule has 0 radical (unpaired) electrons. The van der Waals surface area contributed by atoms with Crippen molar-refractivity contribution < 1.29 is 9.90 Å². The van der Waals surface area contributed by atoms with Crippen LogP contribution in [0.25, 0.3) is 6.08 Å². The van der Waals surface area contributed by atoms with Crippen LogP contribution in [0.15, 0.2) is 18.2 Å². The molecule has 1 unspecified atom stereocenters. The summed E-state index contributed by atoms with van der Waals surface area (Å²) in [6, 6.07) is 3.99. The first kappa shape index (κ1) is 12.9. The lowest BCUT2D eigenvalue weighted by molar-refractivity contribution is -0.116. The molecule has 4 heteroatoms. The molecule has 0 aliphatic carbocycles. The molecule has 1 rings (SSSR count). The number of thiophene rings is 1. The number of carbonyl (C=O) groups is 1. The van der Waals surface area contributed by atoms with Gasteiger partial charge in [-0.15, -0.1) is 11.3 Å². The predicted molar refractivity (Wildman–Crippen MR) is 67.4 cm³/mol. The molecule has 0 saturated carbocycles. The van der Waals surface area contributed by atoms with E-state index in [-0.39, 0.29) is 5.91 Å². The monoisotopic (exact) mass is 239 g/mol. The van der Waals surface area contributed by atoms with Gasteiger partial charge in [-0.2, -0.15) is 0 Å². The van der Waals surface area contributed by atoms with Gasteiger partial charge >= 0.3 is 0 Å². The number of carbonyl (C=O) groups excluding carboxylic acids is 1. The van der Waals surface area contributed by atoms with Gasteiger partial charge in [0.15, 0.2) is 0 Å². The SMILES string of the molecule is CCC(O)CNC(=O)/C=C/c1ccc(C)s1. The zero-order valence-corrected chi connectivity index (χ0v) is 10.4. The van der Waals surface area contributed by atoms with E-state index in [1.807, 2.05) is 26.0 Å². The van der Waals surface area contributed by atoms with Gasteiger partial charge in [0.25, 0.3) is 0 Å². The quantitative estimate of drug-likeness (QED) is 0.772. The fourth-order valence-electron chi connectivity index (χ4n) is 1.12. The van der Waals surface area contributed by atoms with Crippen LogP contribution in [0.3, 0.4) is 0 Å². The highest BCUT2D eigenvalue weighted by molar-refractivity contribution is 7.12. The molecule has 0 saturated heterocycles. The number of hydrogen-bond acceptors (Lipinski definition) is 3. The van der Waals surface area contributed by atoms with Crippen molar-refractivity contribution in [1.82, 2.24) is 5.32 Å². The lowest BCUT2D eigenvalue weighted by atomic mass is 10.3. The topological polar surface area (TPSA) is 49.3 Å². The number of aliphatic hydroxyl groups excluding tert-OH is 1. The second-order valence-corrected chi connectivity index (χ2v) is 4.91. The lowest BCUT2D eigenvalue weighted by Crippen LogP contribution is -2.30. The number of rotatable bonds is 5. The van der Waals surface area contributed by atoms with Crippen molar-refractivity contribution in [2.75, 3.05) is 6.54 Å². The molecule has 16 heavy (non-hydrogen) atoms. The second kappa shape index (κ2) is 6.45. The summed E-state index contributed by atoms with van der Waals surface area (Å²) in [6.07, 6.45) is 3.47. The van der Waals surface area contributed by atoms with Crippen LogP contribution in [0.2, 0.25) is 0 Å². The molecule has 1 heterocycles. The molecular weight excluding hydrogens is 222 g/mol. The standard InChI is InChI=1S/C12H17NO2S/c1-3-10(14)8-13-12(15)7-6-11-5-4-9(2)16-11/h4-7,10,14H,3,8H2,1-2H3,(H,13,15)/b7-6+. The number of aliphatic hydroxyl groups is 1. The third kappa shape index (κ3) is 4.59.